The Kier molecular flexibility index (Phi) is 6.40. The maximum atomic E-state index is 13.6. The number of pyridine rings is 1. The first-order valence-corrected chi connectivity index (χ1v) is 13.0. The molecule has 1 fully saturated rings. The predicted octanol–water partition coefficient (Wildman–Crippen LogP) is 5.61. The minimum absolute atomic E-state index is 0.0974. The molecule has 188 valence electrons. The van der Waals surface area contributed by atoms with Gasteiger partial charge >= 0.3 is 0 Å². The Balaban J connectivity index is 1.48. The molecule has 2 aliphatic rings. The lowest BCUT2D eigenvalue weighted by atomic mass is 9.92. The predicted molar refractivity (Wildman–Crippen MR) is 145 cm³/mol. The summed E-state index contributed by atoms with van der Waals surface area (Å²) >= 11 is 6.39. The topological polar surface area (TPSA) is 81.9 Å². The summed E-state index contributed by atoms with van der Waals surface area (Å²) in [6, 6.07) is 18.4. The van der Waals surface area contributed by atoms with Gasteiger partial charge in [0.2, 0.25) is 0 Å². The van der Waals surface area contributed by atoms with Crippen molar-refractivity contribution in [2.24, 2.45) is 5.10 Å². The third-order valence-corrected chi connectivity index (χ3v) is 7.41. The summed E-state index contributed by atoms with van der Waals surface area (Å²) in [5.74, 6) is 0.548. The molecule has 1 amide bonds. The highest BCUT2D eigenvalue weighted by Crippen LogP contribution is 2.37. The van der Waals surface area contributed by atoms with E-state index in [0.717, 1.165) is 42.4 Å². The van der Waals surface area contributed by atoms with Crippen molar-refractivity contribution in [2.75, 3.05) is 19.6 Å². The first-order valence-electron chi connectivity index (χ1n) is 12.6. The SMILES string of the molecule is O=C(CN1CCCCC1)N1N=C(c2c(-c3ccccc3)c3cc(Cl)ccc3[nH]c2=O)C[C@@H]1c1ccco1. The molecule has 0 spiro atoms. The van der Waals surface area contributed by atoms with Crippen LogP contribution >= 0.6 is 11.6 Å². The standard InChI is InChI=1S/C29H27ClN4O3/c30-20-11-12-22-21(16-20)27(19-8-3-1-4-9-19)28(29(36)31-22)23-17-24(25-10-7-15-37-25)34(32-23)26(35)18-33-13-5-2-6-14-33/h1,3-4,7-12,15-16,24H,2,5-6,13-14,17-18H2,(H,31,36)/t24-/m1/s1. The number of hydrogen-bond acceptors (Lipinski definition) is 5. The summed E-state index contributed by atoms with van der Waals surface area (Å²) in [5.41, 5.74) is 3.07. The van der Waals surface area contributed by atoms with Crippen LogP contribution in [-0.2, 0) is 4.79 Å². The molecule has 0 bridgehead atoms. The lowest BCUT2D eigenvalue weighted by Crippen LogP contribution is -2.40. The van der Waals surface area contributed by atoms with Crippen molar-refractivity contribution in [3.8, 4) is 11.1 Å². The first kappa shape index (κ1) is 23.7. The van der Waals surface area contributed by atoms with Crippen LogP contribution < -0.4 is 5.56 Å². The number of hydrazone groups is 1. The van der Waals surface area contributed by atoms with E-state index in [1.54, 1.807) is 18.4 Å². The van der Waals surface area contributed by atoms with Crippen LogP contribution in [0.25, 0.3) is 22.0 Å². The molecule has 7 nitrogen and oxygen atoms in total. The third-order valence-electron chi connectivity index (χ3n) is 7.17. The Labute approximate surface area is 219 Å². The van der Waals surface area contributed by atoms with Crippen molar-refractivity contribution in [2.45, 2.75) is 31.7 Å². The number of likely N-dealkylation sites (tertiary alicyclic amines) is 1. The molecule has 0 saturated carbocycles. The Bertz CT molecular complexity index is 1520. The van der Waals surface area contributed by atoms with E-state index in [1.165, 1.54) is 11.4 Å². The summed E-state index contributed by atoms with van der Waals surface area (Å²) in [7, 11) is 0. The van der Waals surface area contributed by atoms with Gasteiger partial charge in [-0.25, -0.2) is 5.01 Å². The molecule has 6 rings (SSSR count). The van der Waals surface area contributed by atoms with Crippen LogP contribution in [0.15, 0.2) is 81.2 Å². The summed E-state index contributed by atoms with van der Waals surface area (Å²) in [6.45, 7) is 2.11. The highest BCUT2D eigenvalue weighted by Gasteiger charge is 2.37. The number of carbonyl (C=O) groups is 1. The van der Waals surface area contributed by atoms with E-state index in [0.29, 0.717) is 40.5 Å². The van der Waals surface area contributed by atoms with E-state index in [-0.39, 0.29) is 11.5 Å². The number of H-pyrrole nitrogens is 1. The molecule has 1 atom stereocenters. The molecular weight excluding hydrogens is 488 g/mol. The van der Waals surface area contributed by atoms with Gasteiger partial charge in [-0.1, -0.05) is 48.4 Å². The number of furan rings is 1. The van der Waals surface area contributed by atoms with Crippen molar-refractivity contribution in [1.29, 1.82) is 0 Å². The van der Waals surface area contributed by atoms with Gasteiger partial charge in [0.05, 0.1) is 24.1 Å². The van der Waals surface area contributed by atoms with Gasteiger partial charge in [-0.15, -0.1) is 0 Å². The normalized spacial score (nSPS) is 18.4. The number of carbonyl (C=O) groups excluding carboxylic acids is 1. The van der Waals surface area contributed by atoms with Crippen molar-refractivity contribution in [3.05, 3.63) is 93.6 Å². The van der Waals surface area contributed by atoms with Gasteiger partial charge in [-0.3, -0.25) is 14.5 Å². The number of amides is 1. The third kappa shape index (κ3) is 4.61. The molecule has 1 N–H and O–H groups in total. The van der Waals surface area contributed by atoms with Crippen LogP contribution in [0, 0.1) is 0 Å². The smallest absolute Gasteiger partial charge is 0.258 e. The van der Waals surface area contributed by atoms with Crippen LogP contribution in [-0.4, -0.2) is 46.1 Å². The number of hydrogen-bond donors (Lipinski definition) is 1. The largest absolute Gasteiger partial charge is 0.467 e. The van der Waals surface area contributed by atoms with Gasteiger partial charge in [0.25, 0.3) is 11.5 Å². The van der Waals surface area contributed by atoms with E-state index in [1.807, 2.05) is 48.5 Å². The van der Waals surface area contributed by atoms with Gasteiger partial charge in [0.15, 0.2) is 0 Å². The van der Waals surface area contributed by atoms with Crippen molar-refractivity contribution >= 4 is 34.1 Å². The first-order chi connectivity index (χ1) is 18.1. The molecule has 37 heavy (non-hydrogen) atoms. The quantitative estimate of drug-likeness (QED) is 0.375. The van der Waals surface area contributed by atoms with Crippen LogP contribution in [0.3, 0.4) is 0 Å². The molecule has 2 aromatic heterocycles. The maximum absolute atomic E-state index is 13.6. The second kappa shape index (κ2) is 10.00. The van der Waals surface area contributed by atoms with Crippen LogP contribution in [0.4, 0.5) is 0 Å². The number of nitrogens with one attached hydrogen (secondary N) is 1. The van der Waals surface area contributed by atoms with Crippen molar-refractivity contribution in [3.63, 3.8) is 0 Å². The van der Waals surface area contributed by atoms with Crippen molar-refractivity contribution < 1.29 is 9.21 Å². The van der Waals surface area contributed by atoms with Crippen LogP contribution in [0.2, 0.25) is 5.02 Å². The zero-order valence-corrected chi connectivity index (χ0v) is 21.1. The number of rotatable bonds is 5. The fraction of sp³-hybridized carbons (Fsp3) is 0.276. The number of halogens is 1. The number of benzene rings is 2. The lowest BCUT2D eigenvalue weighted by Gasteiger charge is -2.28. The van der Waals surface area contributed by atoms with E-state index >= 15 is 0 Å². The molecule has 2 aromatic carbocycles. The van der Waals surface area contributed by atoms with Gasteiger partial charge in [-0.2, -0.15) is 5.10 Å². The molecular formula is C29H27ClN4O3. The molecule has 0 aliphatic carbocycles. The molecule has 4 aromatic rings. The second-order valence-corrected chi connectivity index (χ2v) is 10.1. The molecule has 2 aliphatic heterocycles. The zero-order valence-electron chi connectivity index (χ0n) is 20.3. The van der Waals surface area contributed by atoms with Gasteiger partial charge in [0.1, 0.15) is 11.8 Å². The number of piperidine rings is 1. The molecule has 0 unspecified atom stereocenters. The van der Waals surface area contributed by atoms with Gasteiger partial charge < -0.3 is 9.40 Å². The zero-order chi connectivity index (χ0) is 25.4. The monoisotopic (exact) mass is 514 g/mol. The summed E-state index contributed by atoms with van der Waals surface area (Å²) in [6.07, 6.45) is 5.36. The Morgan fingerprint density at radius 3 is 2.59 bits per heavy atom. The number of fused-ring (bicyclic) bond motifs is 1. The highest BCUT2D eigenvalue weighted by atomic mass is 35.5. The average Bonchev–Trinajstić information content (AvgIpc) is 3.60. The fourth-order valence-electron chi connectivity index (χ4n) is 5.42. The Hall–Kier alpha value is -3.68. The van der Waals surface area contributed by atoms with E-state index in [2.05, 4.69) is 9.88 Å². The average molecular weight is 515 g/mol. The molecule has 1 saturated heterocycles. The second-order valence-electron chi connectivity index (χ2n) is 9.62. The van der Waals surface area contributed by atoms with Crippen LogP contribution in [0.1, 0.15) is 43.0 Å². The summed E-state index contributed by atoms with van der Waals surface area (Å²) in [4.78, 5) is 32.3. The van der Waals surface area contributed by atoms with Gasteiger partial charge in [0, 0.05) is 27.9 Å². The fourth-order valence-corrected chi connectivity index (χ4v) is 5.59. The van der Waals surface area contributed by atoms with E-state index in [4.69, 9.17) is 21.1 Å². The summed E-state index contributed by atoms with van der Waals surface area (Å²) < 4.78 is 5.72. The number of aromatic nitrogens is 1. The van der Waals surface area contributed by atoms with E-state index in [9.17, 15) is 9.59 Å². The van der Waals surface area contributed by atoms with Crippen molar-refractivity contribution in [1.82, 2.24) is 14.9 Å². The maximum Gasteiger partial charge on any atom is 0.258 e. The minimum atomic E-state index is -0.416. The lowest BCUT2D eigenvalue weighted by molar-refractivity contribution is -0.134. The molecule has 8 heteroatoms. The van der Waals surface area contributed by atoms with Crippen LogP contribution in [0.5, 0.6) is 0 Å². The highest BCUT2D eigenvalue weighted by molar-refractivity contribution is 6.31. The number of aromatic amines is 1. The summed E-state index contributed by atoms with van der Waals surface area (Å²) in [5, 5.41) is 7.71. The Morgan fingerprint density at radius 2 is 1.84 bits per heavy atom. The Morgan fingerprint density at radius 1 is 1.03 bits per heavy atom. The van der Waals surface area contributed by atoms with E-state index < -0.39 is 6.04 Å². The molecule has 0 radical (unpaired) electrons. The number of nitrogens with zero attached hydrogens (tertiary/aromatic N) is 3. The molecule has 4 heterocycles. The van der Waals surface area contributed by atoms with Gasteiger partial charge in [-0.05, 0) is 61.8 Å². The minimum Gasteiger partial charge on any atom is -0.467 e.